The first kappa shape index (κ1) is 9.92. The minimum atomic E-state index is 0.229. The van der Waals surface area contributed by atoms with Gasteiger partial charge < -0.3 is 9.47 Å². The molecular weight excluding hydrogens is 128 g/mol. The zero-order chi connectivity index (χ0) is 7.98. The smallest absolute Gasteiger partial charge is 0.0780 e. The molecular formula is C8H18O2. The molecule has 1 unspecified atom stereocenters. The Balaban J connectivity index is 3.12. The monoisotopic (exact) mass is 146 g/mol. The van der Waals surface area contributed by atoms with Crippen LogP contribution in [-0.4, -0.2) is 26.4 Å². The van der Waals surface area contributed by atoms with Gasteiger partial charge in [-0.05, 0) is 12.8 Å². The Morgan fingerprint density at radius 2 is 1.70 bits per heavy atom. The van der Waals surface area contributed by atoms with Crippen molar-refractivity contribution in [3.63, 3.8) is 0 Å². The van der Waals surface area contributed by atoms with Gasteiger partial charge in [-0.15, -0.1) is 0 Å². The summed E-state index contributed by atoms with van der Waals surface area (Å²) in [4.78, 5) is 0. The van der Waals surface area contributed by atoms with E-state index in [0.29, 0.717) is 12.5 Å². The van der Waals surface area contributed by atoms with E-state index in [2.05, 4.69) is 13.8 Å². The Morgan fingerprint density at radius 3 is 2.10 bits per heavy atom. The lowest BCUT2D eigenvalue weighted by atomic mass is 10.2. The zero-order valence-electron chi connectivity index (χ0n) is 7.39. The fraction of sp³-hybridized carbons (Fsp3) is 1.00. The van der Waals surface area contributed by atoms with Gasteiger partial charge >= 0.3 is 0 Å². The minimum absolute atomic E-state index is 0.229. The molecule has 0 fully saturated rings. The van der Waals surface area contributed by atoms with Crippen molar-refractivity contribution in [3.8, 4) is 0 Å². The summed E-state index contributed by atoms with van der Waals surface area (Å²) in [6, 6.07) is 0. The number of rotatable bonds is 5. The van der Waals surface area contributed by atoms with Gasteiger partial charge in [-0.2, -0.15) is 0 Å². The van der Waals surface area contributed by atoms with E-state index >= 15 is 0 Å². The van der Waals surface area contributed by atoms with Gasteiger partial charge in [0.05, 0.1) is 12.7 Å². The highest BCUT2D eigenvalue weighted by Crippen LogP contribution is 1.97. The van der Waals surface area contributed by atoms with E-state index in [1.165, 1.54) is 0 Å². The average Bonchev–Trinajstić information content (AvgIpc) is 1.85. The second-order valence-electron chi connectivity index (χ2n) is 2.99. The molecule has 0 aromatic rings. The van der Waals surface area contributed by atoms with Crippen molar-refractivity contribution in [2.24, 2.45) is 5.92 Å². The summed E-state index contributed by atoms with van der Waals surface area (Å²) in [6.07, 6.45) is 0.229. The number of methoxy groups -OCH3 is 1. The Labute approximate surface area is 63.5 Å². The highest BCUT2D eigenvalue weighted by atomic mass is 16.5. The molecule has 0 radical (unpaired) electrons. The van der Waals surface area contributed by atoms with Crippen LogP contribution >= 0.6 is 0 Å². The third-order valence-corrected chi connectivity index (χ3v) is 1.12. The SMILES string of the molecule is COCC(C)OCC(C)C. The predicted molar refractivity (Wildman–Crippen MR) is 42.1 cm³/mol. The predicted octanol–water partition coefficient (Wildman–Crippen LogP) is 1.69. The van der Waals surface area contributed by atoms with Gasteiger partial charge in [-0.3, -0.25) is 0 Å². The molecule has 0 N–H and O–H groups in total. The third-order valence-electron chi connectivity index (χ3n) is 1.12. The van der Waals surface area contributed by atoms with Gasteiger partial charge in [0, 0.05) is 13.7 Å². The topological polar surface area (TPSA) is 18.5 Å². The summed E-state index contributed by atoms with van der Waals surface area (Å²) < 4.78 is 10.3. The van der Waals surface area contributed by atoms with Crippen LogP contribution in [0.1, 0.15) is 20.8 Å². The molecule has 2 nitrogen and oxygen atoms in total. The van der Waals surface area contributed by atoms with Crippen LogP contribution in [0, 0.1) is 5.92 Å². The molecule has 0 aliphatic heterocycles. The lowest BCUT2D eigenvalue weighted by Crippen LogP contribution is -2.17. The molecule has 2 heteroatoms. The molecule has 0 aromatic heterocycles. The van der Waals surface area contributed by atoms with E-state index in [1.807, 2.05) is 6.92 Å². The summed E-state index contributed by atoms with van der Waals surface area (Å²) in [7, 11) is 1.69. The lowest BCUT2D eigenvalue weighted by Gasteiger charge is -2.13. The molecule has 0 saturated carbocycles. The van der Waals surface area contributed by atoms with Crippen LogP contribution in [0.4, 0.5) is 0 Å². The molecule has 62 valence electrons. The van der Waals surface area contributed by atoms with Crippen LogP contribution in [0.3, 0.4) is 0 Å². The van der Waals surface area contributed by atoms with Crippen molar-refractivity contribution in [2.75, 3.05) is 20.3 Å². The number of ether oxygens (including phenoxy) is 2. The van der Waals surface area contributed by atoms with Gasteiger partial charge in [0.2, 0.25) is 0 Å². The van der Waals surface area contributed by atoms with Crippen molar-refractivity contribution in [1.29, 1.82) is 0 Å². The van der Waals surface area contributed by atoms with Gasteiger partial charge in [-0.25, -0.2) is 0 Å². The molecule has 0 heterocycles. The fourth-order valence-corrected chi connectivity index (χ4v) is 0.640. The summed E-state index contributed by atoms with van der Waals surface area (Å²) in [5, 5.41) is 0. The molecule has 0 rings (SSSR count). The van der Waals surface area contributed by atoms with Crippen molar-refractivity contribution < 1.29 is 9.47 Å². The second-order valence-corrected chi connectivity index (χ2v) is 2.99. The first-order valence-corrected chi connectivity index (χ1v) is 3.77. The second kappa shape index (κ2) is 5.69. The molecule has 0 spiro atoms. The molecule has 1 atom stereocenters. The van der Waals surface area contributed by atoms with E-state index in [-0.39, 0.29) is 6.10 Å². The normalized spacial score (nSPS) is 14.1. The Morgan fingerprint density at radius 1 is 1.10 bits per heavy atom. The quantitative estimate of drug-likeness (QED) is 0.587. The molecule has 0 amide bonds. The maximum Gasteiger partial charge on any atom is 0.0780 e. The van der Waals surface area contributed by atoms with E-state index < -0.39 is 0 Å². The van der Waals surface area contributed by atoms with E-state index in [9.17, 15) is 0 Å². The largest absolute Gasteiger partial charge is 0.382 e. The zero-order valence-corrected chi connectivity index (χ0v) is 7.39. The Bertz CT molecular complexity index is 71.7. The highest BCUT2D eigenvalue weighted by molar-refractivity contribution is 4.47. The van der Waals surface area contributed by atoms with Crippen LogP contribution in [0.2, 0.25) is 0 Å². The van der Waals surface area contributed by atoms with E-state index in [0.717, 1.165) is 6.61 Å². The first-order valence-electron chi connectivity index (χ1n) is 3.77. The van der Waals surface area contributed by atoms with Crippen LogP contribution in [0.15, 0.2) is 0 Å². The summed E-state index contributed by atoms with van der Waals surface area (Å²) in [6.45, 7) is 7.81. The summed E-state index contributed by atoms with van der Waals surface area (Å²) in [5.74, 6) is 0.610. The lowest BCUT2D eigenvalue weighted by molar-refractivity contribution is -0.00207. The third kappa shape index (κ3) is 6.05. The minimum Gasteiger partial charge on any atom is -0.382 e. The summed E-state index contributed by atoms with van der Waals surface area (Å²) >= 11 is 0. The van der Waals surface area contributed by atoms with Gasteiger partial charge in [-0.1, -0.05) is 13.8 Å². The van der Waals surface area contributed by atoms with Crippen molar-refractivity contribution >= 4 is 0 Å². The molecule has 0 bridgehead atoms. The maximum atomic E-state index is 5.42. The van der Waals surface area contributed by atoms with Crippen molar-refractivity contribution in [2.45, 2.75) is 26.9 Å². The van der Waals surface area contributed by atoms with Crippen LogP contribution in [-0.2, 0) is 9.47 Å². The first-order chi connectivity index (χ1) is 4.66. The highest BCUT2D eigenvalue weighted by Gasteiger charge is 2.01. The van der Waals surface area contributed by atoms with Gasteiger partial charge in [0.25, 0.3) is 0 Å². The van der Waals surface area contributed by atoms with Crippen LogP contribution in [0.5, 0.6) is 0 Å². The molecule has 0 aromatic carbocycles. The molecule has 0 aliphatic carbocycles. The standard InChI is InChI=1S/C8H18O2/c1-7(2)5-10-8(3)6-9-4/h7-8H,5-6H2,1-4H3. The maximum absolute atomic E-state index is 5.42. The number of hydrogen-bond acceptors (Lipinski definition) is 2. The van der Waals surface area contributed by atoms with Crippen molar-refractivity contribution in [1.82, 2.24) is 0 Å². The molecule has 10 heavy (non-hydrogen) atoms. The van der Waals surface area contributed by atoms with Crippen molar-refractivity contribution in [3.05, 3.63) is 0 Å². The number of hydrogen-bond donors (Lipinski definition) is 0. The van der Waals surface area contributed by atoms with E-state index in [4.69, 9.17) is 9.47 Å². The molecule has 0 saturated heterocycles. The Hall–Kier alpha value is -0.0800. The van der Waals surface area contributed by atoms with Crippen LogP contribution in [0.25, 0.3) is 0 Å². The van der Waals surface area contributed by atoms with Crippen LogP contribution < -0.4 is 0 Å². The van der Waals surface area contributed by atoms with E-state index in [1.54, 1.807) is 7.11 Å². The molecule has 0 aliphatic rings. The van der Waals surface area contributed by atoms with Gasteiger partial charge in [0.15, 0.2) is 0 Å². The Kier molecular flexibility index (Phi) is 5.64. The summed E-state index contributed by atoms with van der Waals surface area (Å²) in [5.41, 5.74) is 0. The average molecular weight is 146 g/mol. The fourth-order valence-electron chi connectivity index (χ4n) is 0.640. The van der Waals surface area contributed by atoms with Gasteiger partial charge in [0.1, 0.15) is 0 Å².